The number of piperidine rings is 1. The van der Waals surface area contributed by atoms with Crippen molar-refractivity contribution in [3.05, 3.63) is 60.2 Å². The van der Waals surface area contributed by atoms with Crippen LogP contribution in [0.4, 0.5) is 14.9 Å². The van der Waals surface area contributed by atoms with Gasteiger partial charge in [0.25, 0.3) is 0 Å². The molecule has 2 fully saturated rings. The molecule has 0 spiro atoms. The van der Waals surface area contributed by atoms with Gasteiger partial charge in [0.1, 0.15) is 5.82 Å². The lowest BCUT2D eigenvalue weighted by atomic mass is 9.89. The van der Waals surface area contributed by atoms with E-state index in [0.717, 1.165) is 18.4 Å². The number of anilines is 1. The normalized spacial score (nSPS) is 18.8. The van der Waals surface area contributed by atoms with Crippen LogP contribution < -0.4 is 16.4 Å². The van der Waals surface area contributed by atoms with Gasteiger partial charge < -0.3 is 21.3 Å². The number of amides is 3. The fourth-order valence-electron chi connectivity index (χ4n) is 4.21. The standard InChI is InChI=1S/C23H28FN5O2/c24-18-3-1-17(2-4-18)23(9-10-23)15-27-21(30)20(25)16-7-13-29(14-8-16)22(31)28-19-5-11-26-12-6-19/h1-6,11-12,16,20H,7-10,13-15,25H2,(H,27,30)(H,26,28,31). The maximum Gasteiger partial charge on any atom is 0.321 e. The number of hydrogen-bond acceptors (Lipinski definition) is 4. The molecule has 1 aromatic carbocycles. The van der Waals surface area contributed by atoms with E-state index >= 15 is 0 Å². The third kappa shape index (κ3) is 5.02. The monoisotopic (exact) mass is 425 g/mol. The van der Waals surface area contributed by atoms with Crippen LogP contribution in [0, 0.1) is 11.7 Å². The van der Waals surface area contributed by atoms with Crippen molar-refractivity contribution < 1.29 is 14.0 Å². The first-order valence-corrected chi connectivity index (χ1v) is 10.7. The minimum Gasteiger partial charge on any atom is -0.354 e. The Bertz CT molecular complexity index is 909. The number of pyridine rings is 1. The molecular formula is C23H28FN5O2. The van der Waals surface area contributed by atoms with Crippen LogP contribution in [-0.2, 0) is 10.2 Å². The summed E-state index contributed by atoms with van der Waals surface area (Å²) in [7, 11) is 0. The molecule has 31 heavy (non-hydrogen) atoms. The Labute approximate surface area is 181 Å². The summed E-state index contributed by atoms with van der Waals surface area (Å²) in [5.74, 6) is -0.384. The van der Waals surface area contributed by atoms with Crippen LogP contribution in [0.2, 0.25) is 0 Å². The van der Waals surface area contributed by atoms with Gasteiger partial charge in [-0.15, -0.1) is 0 Å². The summed E-state index contributed by atoms with van der Waals surface area (Å²) in [6.07, 6.45) is 6.56. The Balaban J connectivity index is 1.24. The van der Waals surface area contributed by atoms with Gasteiger partial charge in [0.05, 0.1) is 6.04 Å². The molecule has 8 heteroatoms. The zero-order valence-corrected chi connectivity index (χ0v) is 17.4. The van der Waals surface area contributed by atoms with E-state index in [-0.39, 0.29) is 29.1 Å². The average molecular weight is 426 g/mol. The van der Waals surface area contributed by atoms with E-state index in [4.69, 9.17) is 5.73 Å². The molecule has 2 aromatic rings. The van der Waals surface area contributed by atoms with Gasteiger partial charge in [-0.25, -0.2) is 9.18 Å². The maximum absolute atomic E-state index is 13.2. The van der Waals surface area contributed by atoms with E-state index in [9.17, 15) is 14.0 Å². The summed E-state index contributed by atoms with van der Waals surface area (Å²) in [4.78, 5) is 30.8. The number of aromatic nitrogens is 1. The number of carbonyl (C=O) groups is 2. The van der Waals surface area contributed by atoms with E-state index in [1.54, 1.807) is 41.6 Å². The smallest absolute Gasteiger partial charge is 0.321 e. The average Bonchev–Trinajstić information content (AvgIpc) is 3.59. The van der Waals surface area contributed by atoms with Gasteiger partial charge in [-0.2, -0.15) is 0 Å². The van der Waals surface area contributed by atoms with E-state index in [1.807, 2.05) is 0 Å². The number of hydrogen-bond donors (Lipinski definition) is 3. The fourth-order valence-corrected chi connectivity index (χ4v) is 4.21. The zero-order valence-electron chi connectivity index (χ0n) is 17.4. The Kier molecular flexibility index (Phi) is 6.18. The van der Waals surface area contributed by atoms with Gasteiger partial charge in [0.15, 0.2) is 0 Å². The van der Waals surface area contributed by atoms with Gasteiger partial charge in [-0.1, -0.05) is 12.1 Å². The first kappa shape index (κ1) is 21.2. The molecule has 1 aliphatic heterocycles. The highest BCUT2D eigenvalue weighted by Crippen LogP contribution is 2.47. The number of carbonyl (C=O) groups excluding carboxylic acids is 2. The second-order valence-corrected chi connectivity index (χ2v) is 8.52. The second kappa shape index (κ2) is 9.01. The molecule has 3 amide bonds. The molecule has 1 unspecified atom stereocenters. The van der Waals surface area contributed by atoms with Crippen molar-refractivity contribution in [3.8, 4) is 0 Å². The van der Waals surface area contributed by atoms with Crippen LogP contribution in [0.25, 0.3) is 0 Å². The van der Waals surface area contributed by atoms with Crippen molar-refractivity contribution in [2.24, 2.45) is 11.7 Å². The molecule has 164 valence electrons. The van der Waals surface area contributed by atoms with Crippen LogP contribution in [0.3, 0.4) is 0 Å². The Morgan fingerprint density at radius 2 is 1.77 bits per heavy atom. The quantitative estimate of drug-likeness (QED) is 0.662. The van der Waals surface area contributed by atoms with Crippen molar-refractivity contribution in [1.29, 1.82) is 0 Å². The lowest BCUT2D eigenvalue weighted by Crippen LogP contribution is -2.51. The summed E-state index contributed by atoms with van der Waals surface area (Å²) < 4.78 is 13.2. The molecular weight excluding hydrogens is 397 g/mol. The molecule has 1 atom stereocenters. The van der Waals surface area contributed by atoms with Gasteiger partial charge in [0.2, 0.25) is 5.91 Å². The number of rotatable bonds is 6. The van der Waals surface area contributed by atoms with Crippen LogP contribution in [0.5, 0.6) is 0 Å². The molecule has 0 radical (unpaired) electrons. The summed E-state index contributed by atoms with van der Waals surface area (Å²) in [6, 6.07) is 9.23. The van der Waals surface area contributed by atoms with Gasteiger partial charge in [0, 0.05) is 43.1 Å². The Morgan fingerprint density at radius 3 is 2.39 bits per heavy atom. The number of nitrogens with two attached hydrogens (primary N) is 1. The predicted molar refractivity (Wildman–Crippen MR) is 116 cm³/mol. The minimum absolute atomic E-state index is 0.0333. The van der Waals surface area contributed by atoms with Crippen LogP contribution in [-0.4, -0.2) is 47.5 Å². The van der Waals surface area contributed by atoms with Crippen LogP contribution in [0.1, 0.15) is 31.2 Å². The largest absolute Gasteiger partial charge is 0.354 e. The molecule has 1 saturated heterocycles. The third-order valence-corrected chi connectivity index (χ3v) is 6.48. The number of halogens is 1. The SMILES string of the molecule is NC(C(=O)NCC1(c2ccc(F)cc2)CC1)C1CCN(C(=O)Nc2ccncc2)CC1. The third-order valence-electron chi connectivity index (χ3n) is 6.48. The van der Waals surface area contributed by atoms with Crippen molar-refractivity contribution in [3.63, 3.8) is 0 Å². The van der Waals surface area contributed by atoms with Crippen molar-refractivity contribution in [1.82, 2.24) is 15.2 Å². The van der Waals surface area contributed by atoms with E-state index in [1.165, 1.54) is 12.1 Å². The number of nitrogens with zero attached hydrogens (tertiary/aromatic N) is 2. The maximum atomic E-state index is 13.2. The molecule has 1 saturated carbocycles. The zero-order chi connectivity index (χ0) is 21.8. The molecule has 2 heterocycles. The summed E-state index contributed by atoms with van der Waals surface area (Å²) in [5.41, 5.74) is 7.91. The summed E-state index contributed by atoms with van der Waals surface area (Å²) in [6.45, 7) is 1.63. The van der Waals surface area contributed by atoms with Gasteiger partial charge in [-0.05, 0) is 61.4 Å². The van der Waals surface area contributed by atoms with Crippen LogP contribution >= 0.6 is 0 Å². The lowest BCUT2D eigenvalue weighted by molar-refractivity contribution is -0.124. The number of likely N-dealkylation sites (tertiary alicyclic amines) is 1. The first-order valence-electron chi connectivity index (χ1n) is 10.7. The van der Waals surface area contributed by atoms with Gasteiger partial charge in [-0.3, -0.25) is 9.78 Å². The fraction of sp³-hybridized carbons (Fsp3) is 0.435. The highest BCUT2D eigenvalue weighted by atomic mass is 19.1. The number of nitrogens with one attached hydrogen (secondary N) is 2. The Morgan fingerprint density at radius 1 is 1.13 bits per heavy atom. The van der Waals surface area contributed by atoms with Crippen molar-refractivity contribution >= 4 is 17.6 Å². The van der Waals surface area contributed by atoms with E-state index in [0.29, 0.717) is 38.2 Å². The number of benzene rings is 1. The van der Waals surface area contributed by atoms with E-state index < -0.39 is 6.04 Å². The first-order chi connectivity index (χ1) is 15.0. The lowest BCUT2D eigenvalue weighted by Gasteiger charge is -2.34. The Hall–Kier alpha value is -3.00. The van der Waals surface area contributed by atoms with Gasteiger partial charge >= 0.3 is 6.03 Å². The van der Waals surface area contributed by atoms with Crippen LogP contribution in [0.15, 0.2) is 48.8 Å². The minimum atomic E-state index is -0.602. The second-order valence-electron chi connectivity index (χ2n) is 8.52. The topological polar surface area (TPSA) is 100 Å². The predicted octanol–water partition coefficient (Wildman–Crippen LogP) is 2.64. The summed E-state index contributed by atoms with van der Waals surface area (Å²) in [5, 5.41) is 5.86. The molecule has 1 aliphatic carbocycles. The molecule has 4 N–H and O–H groups in total. The molecule has 4 rings (SSSR count). The van der Waals surface area contributed by atoms with E-state index in [2.05, 4.69) is 15.6 Å². The highest BCUT2D eigenvalue weighted by Gasteiger charge is 2.44. The molecule has 1 aromatic heterocycles. The molecule has 2 aliphatic rings. The summed E-state index contributed by atoms with van der Waals surface area (Å²) >= 11 is 0. The van der Waals surface area contributed by atoms with Crippen molar-refractivity contribution in [2.45, 2.75) is 37.1 Å². The highest BCUT2D eigenvalue weighted by molar-refractivity contribution is 5.89. The molecule has 7 nitrogen and oxygen atoms in total. The number of urea groups is 1. The van der Waals surface area contributed by atoms with Crippen molar-refractivity contribution in [2.75, 3.05) is 25.0 Å². The molecule has 0 bridgehead atoms.